The van der Waals surface area contributed by atoms with Crippen molar-refractivity contribution in [3.05, 3.63) is 59.2 Å². The minimum atomic E-state index is -5.90. The third kappa shape index (κ3) is 4.33. The van der Waals surface area contributed by atoms with Crippen LogP contribution in [0.2, 0.25) is 0 Å². The molecule has 9 heteroatoms. The van der Waals surface area contributed by atoms with E-state index >= 15 is 0 Å². The van der Waals surface area contributed by atoms with Crippen LogP contribution in [0.25, 0.3) is 11.1 Å². The van der Waals surface area contributed by atoms with Crippen LogP contribution < -0.4 is 0 Å². The molecule has 2 atom stereocenters. The summed E-state index contributed by atoms with van der Waals surface area (Å²) in [6.45, 7) is 7.98. The summed E-state index contributed by atoms with van der Waals surface area (Å²) in [7, 11) is 0. The Hall–Kier alpha value is -2.10. The molecule has 3 nitrogen and oxygen atoms in total. The molecule has 2 aliphatic rings. The highest BCUT2D eigenvalue weighted by Gasteiger charge is 2.71. The van der Waals surface area contributed by atoms with Crippen molar-refractivity contribution in [1.82, 2.24) is 9.80 Å². The molecule has 1 N–H and O–H groups in total. The molecule has 0 radical (unpaired) electrons. The molecule has 0 spiro atoms. The van der Waals surface area contributed by atoms with Gasteiger partial charge in [0.15, 0.2) is 0 Å². The maximum atomic E-state index is 13.1. The Bertz CT molecular complexity index is 990. The van der Waals surface area contributed by atoms with E-state index in [1.165, 1.54) is 25.0 Å². The largest absolute Gasteiger partial charge is 0.430 e. The Kier molecular flexibility index (Phi) is 6.50. The number of rotatable bonds is 5. The van der Waals surface area contributed by atoms with Gasteiger partial charge in [0, 0.05) is 37.3 Å². The highest BCUT2D eigenvalue weighted by molar-refractivity contribution is 5.68. The van der Waals surface area contributed by atoms with E-state index in [2.05, 4.69) is 16.7 Å². The zero-order valence-corrected chi connectivity index (χ0v) is 19.0. The lowest BCUT2D eigenvalue weighted by atomic mass is 9.90. The maximum Gasteiger partial charge on any atom is 0.430 e. The standard InChI is InChI=1S/C25H28F6N2O/c1-3-33-20-9-10-21(33)15-32(14-20)13-17-4-11-22(16(2)12-17)18-5-7-19(8-6-18)23(34,24(26,27)28)25(29,30)31/h4-8,11-12,20-21,34H,3,9-10,13-15H2,1-2H3. The van der Waals surface area contributed by atoms with E-state index in [-0.39, 0.29) is 0 Å². The summed E-state index contributed by atoms with van der Waals surface area (Å²) >= 11 is 0. The molecule has 0 aromatic heterocycles. The van der Waals surface area contributed by atoms with E-state index in [0.717, 1.165) is 37.3 Å². The third-order valence-electron chi connectivity index (χ3n) is 7.21. The number of alkyl halides is 6. The number of piperazine rings is 1. The zero-order valence-electron chi connectivity index (χ0n) is 19.0. The lowest BCUT2D eigenvalue weighted by molar-refractivity contribution is -0.376. The molecule has 0 aliphatic carbocycles. The van der Waals surface area contributed by atoms with Crippen molar-refractivity contribution >= 4 is 0 Å². The van der Waals surface area contributed by atoms with E-state index < -0.39 is 23.5 Å². The number of likely N-dealkylation sites (tertiary alicyclic amines) is 1. The van der Waals surface area contributed by atoms with E-state index in [9.17, 15) is 31.4 Å². The molecule has 2 saturated heterocycles. The minimum Gasteiger partial charge on any atom is -0.369 e. The SMILES string of the molecule is CCN1C2CCC1CN(Cc1ccc(-c3ccc(C(O)(C(F)(F)F)C(F)(F)F)cc3)c(C)c1)C2. The summed E-state index contributed by atoms with van der Waals surface area (Å²) in [4.78, 5) is 5.03. The molecule has 2 heterocycles. The Labute approximate surface area is 195 Å². The van der Waals surface area contributed by atoms with Crippen LogP contribution in [0.3, 0.4) is 0 Å². The number of likely N-dealkylation sites (N-methyl/N-ethyl adjacent to an activating group) is 1. The van der Waals surface area contributed by atoms with Crippen molar-refractivity contribution in [2.45, 2.75) is 63.3 Å². The number of halogens is 6. The van der Waals surface area contributed by atoms with Gasteiger partial charge in [-0.2, -0.15) is 26.3 Å². The zero-order chi connectivity index (χ0) is 24.9. The molecule has 2 bridgehead atoms. The van der Waals surface area contributed by atoms with Crippen LogP contribution in [-0.2, 0) is 12.1 Å². The average Bonchev–Trinajstić information content (AvgIpc) is 3.00. The van der Waals surface area contributed by atoms with Crippen molar-refractivity contribution in [3.63, 3.8) is 0 Å². The summed E-state index contributed by atoms with van der Waals surface area (Å²) < 4.78 is 78.8. The van der Waals surface area contributed by atoms with Gasteiger partial charge in [0.05, 0.1) is 0 Å². The predicted molar refractivity (Wildman–Crippen MR) is 117 cm³/mol. The summed E-state index contributed by atoms with van der Waals surface area (Å²) in [6, 6.07) is 10.7. The van der Waals surface area contributed by atoms with Gasteiger partial charge in [-0.05, 0) is 48.6 Å². The van der Waals surface area contributed by atoms with Gasteiger partial charge in [-0.1, -0.05) is 49.4 Å². The van der Waals surface area contributed by atoms with E-state index in [1.54, 1.807) is 0 Å². The van der Waals surface area contributed by atoms with Crippen molar-refractivity contribution in [3.8, 4) is 11.1 Å². The highest BCUT2D eigenvalue weighted by Crippen LogP contribution is 2.50. The first-order chi connectivity index (χ1) is 15.8. The number of nitrogens with zero attached hydrogens (tertiary/aromatic N) is 2. The van der Waals surface area contributed by atoms with Gasteiger partial charge in [-0.3, -0.25) is 9.80 Å². The van der Waals surface area contributed by atoms with E-state index in [4.69, 9.17) is 0 Å². The van der Waals surface area contributed by atoms with Crippen LogP contribution in [0.5, 0.6) is 0 Å². The molecule has 2 aliphatic heterocycles. The van der Waals surface area contributed by atoms with Crippen LogP contribution in [0.1, 0.15) is 36.5 Å². The highest BCUT2D eigenvalue weighted by atomic mass is 19.4. The topological polar surface area (TPSA) is 26.7 Å². The summed E-state index contributed by atoms with van der Waals surface area (Å²) in [5.74, 6) is 0. The molecular weight excluding hydrogens is 458 g/mol. The van der Waals surface area contributed by atoms with E-state index in [0.29, 0.717) is 35.3 Å². The van der Waals surface area contributed by atoms with Crippen molar-refractivity contribution in [2.24, 2.45) is 0 Å². The molecular formula is C25H28F6N2O. The molecule has 2 aromatic rings. The van der Waals surface area contributed by atoms with Gasteiger partial charge in [0.1, 0.15) is 0 Å². The average molecular weight is 487 g/mol. The summed E-state index contributed by atoms with van der Waals surface area (Å²) in [5.41, 5.74) is -2.99. The van der Waals surface area contributed by atoms with Crippen molar-refractivity contribution < 1.29 is 31.4 Å². The second-order valence-corrected chi connectivity index (χ2v) is 9.34. The first-order valence-corrected chi connectivity index (χ1v) is 11.4. The van der Waals surface area contributed by atoms with Crippen LogP contribution in [0, 0.1) is 6.92 Å². The van der Waals surface area contributed by atoms with Crippen LogP contribution in [-0.4, -0.2) is 59.0 Å². The molecule has 2 unspecified atom stereocenters. The number of benzene rings is 2. The van der Waals surface area contributed by atoms with Gasteiger partial charge in [0.25, 0.3) is 5.60 Å². The van der Waals surface area contributed by atoms with Crippen molar-refractivity contribution in [1.29, 1.82) is 0 Å². The molecule has 2 fully saturated rings. The van der Waals surface area contributed by atoms with E-state index in [1.807, 2.05) is 25.1 Å². The quantitative estimate of drug-likeness (QED) is 0.554. The Morgan fingerprint density at radius 3 is 1.91 bits per heavy atom. The normalized spacial score (nSPS) is 22.4. The lowest BCUT2D eigenvalue weighted by Crippen LogP contribution is -2.53. The fourth-order valence-corrected chi connectivity index (χ4v) is 5.51. The first-order valence-electron chi connectivity index (χ1n) is 11.4. The molecule has 4 rings (SSSR count). The third-order valence-corrected chi connectivity index (χ3v) is 7.21. The monoisotopic (exact) mass is 486 g/mol. The van der Waals surface area contributed by atoms with Crippen LogP contribution >= 0.6 is 0 Å². The van der Waals surface area contributed by atoms with Crippen LogP contribution in [0.15, 0.2) is 42.5 Å². The summed E-state index contributed by atoms with van der Waals surface area (Å²) in [6.07, 6.45) is -9.35. The molecule has 186 valence electrons. The first kappa shape index (κ1) is 25.0. The van der Waals surface area contributed by atoms with Crippen LogP contribution in [0.4, 0.5) is 26.3 Å². The second-order valence-electron chi connectivity index (χ2n) is 9.34. The molecule has 2 aromatic carbocycles. The maximum absolute atomic E-state index is 13.1. The fourth-order valence-electron chi connectivity index (χ4n) is 5.51. The number of hydrogen-bond acceptors (Lipinski definition) is 3. The van der Waals surface area contributed by atoms with Crippen molar-refractivity contribution in [2.75, 3.05) is 19.6 Å². The number of aliphatic hydroxyl groups is 1. The minimum absolute atomic E-state index is 0.481. The molecule has 0 amide bonds. The Balaban J connectivity index is 1.51. The smallest absolute Gasteiger partial charge is 0.369 e. The van der Waals surface area contributed by atoms with Gasteiger partial charge >= 0.3 is 12.4 Å². The Morgan fingerprint density at radius 2 is 1.44 bits per heavy atom. The van der Waals surface area contributed by atoms with Gasteiger partial charge in [-0.25, -0.2) is 0 Å². The second kappa shape index (κ2) is 8.84. The number of hydrogen-bond donors (Lipinski definition) is 1. The molecule has 34 heavy (non-hydrogen) atoms. The molecule has 0 saturated carbocycles. The number of fused-ring (bicyclic) bond motifs is 2. The van der Waals surface area contributed by atoms with Gasteiger partial charge < -0.3 is 5.11 Å². The van der Waals surface area contributed by atoms with Gasteiger partial charge in [0.2, 0.25) is 0 Å². The number of aryl methyl sites for hydroxylation is 1. The lowest BCUT2D eigenvalue weighted by Gasteiger charge is -2.40. The fraction of sp³-hybridized carbons (Fsp3) is 0.520. The van der Waals surface area contributed by atoms with Gasteiger partial charge in [-0.15, -0.1) is 0 Å². The Morgan fingerprint density at radius 1 is 0.882 bits per heavy atom. The summed E-state index contributed by atoms with van der Waals surface area (Å²) in [5, 5.41) is 9.58. The predicted octanol–water partition coefficient (Wildman–Crippen LogP) is 5.64.